The summed E-state index contributed by atoms with van der Waals surface area (Å²) in [5.74, 6) is -1.20. The van der Waals surface area contributed by atoms with E-state index in [4.69, 9.17) is 25.2 Å². The molecule has 0 radical (unpaired) electrons. The van der Waals surface area contributed by atoms with Crippen LogP contribution in [0.3, 0.4) is 0 Å². The van der Waals surface area contributed by atoms with Gasteiger partial charge in [0.25, 0.3) is 0 Å². The average Bonchev–Trinajstić information content (AvgIpc) is 3.11. The summed E-state index contributed by atoms with van der Waals surface area (Å²) in [4.78, 5) is 24.2. The van der Waals surface area contributed by atoms with Gasteiger partial charge in [0.1, 0.15) is 24.2 Å². The van der Waals surface area contributed by atoms with Crippen LogP contribution in [0.15, 0.2) is 36.4 Å². The summed E-state index contributed by atoms with van der Waals surface area (Å²) in [6, 6.07) is 10.0. The quantitative estimate of drug-likeness (QED) is 0.683. The van der Waals surface area contributed by atoms with Gasteiger partial charge < -0.3 is 24.8 Å². The molecule has 2 aromatic carbocycles. The minimum absolute atomic E-state index is 0.0221. The molecule has 2 aromatic rings. The molecule has 0 spiro atoms. The molecular formula is C20H18FN3O5. The first-order valence-electron chi connectivity index (χ1n) is 8.84. The third-order valence-corrected chi connectivity index (χ3v) is 4.20. The molecule has 1 heterocycles. The van der Waals surface area contributed by atoms with Crippen molar-refractivity contribution in [2.45, 2.75) is 6.42 Å². The standard InChI is InChI=1S/C20H18FN3O5/c21-16-11-15(27-8-1-6-24-7-9-28-20(24)26)4-5-17(16)29-18-10-13(19(23)25)2-3-14(18)12-22/h2-5,10-11H,1,6-9H2,(H2,23,25). The van der Waals surface area contributed by atoms with E-state index in [2.05, 4.69) is 0 Å². The van der Waals surface area contributed by atoms with Gasteiger partial charge in [-0.15, -0.1) is 0 Å². The fourth-order valence-corrected chi connectivity index (χ4v) is 2.70. The zero-order valence-electron chi connectivity index (χ0n) is 15.4. The molecule has 0 aromatic heterocycles. The minimum atomic E-state index is -0.695. The topological polar surface area (TPSA) is 115 Å². The molecule has 9 heteroatoms. The molecular weight excluding hydrogens is 381 g/mol. The molecule has 0 atom stereocenters. The highest BCUT2D eigenvalue weighted by Crippen LogP contribution is 2.30. The van der Waals surface area contributed by atoms with Crippen LogP contribution in [-0.4, -0.2) is 43.2 Å². The highest BCUT2D eigenvalue weighted by molar-refractivity contribution is 5.93. The van der Waals surface area contributed by atoms with Crippen LogP contribution in [0.2, 0.25) is 0 Å². The highest BCUT2D eigenvalue weighted by atomic mass is 19.1. The summed E-state index contributed by atoms with van der Waals surface area (Å²) in [6.45, 7) is 1.74. The third-order valence-electron chi connectivity index (χ3n) is 4.20. The van der Waals surface area contributed by atoms with Crippen molar-refractivity contribution in [2.75, 3.05) is 26.3 Å². The van der Waals surface area contributed by atoms with E-state index in [1.807, 2.05) is 6.07 Å². The number of benzene rings is 2. The van der Waals surface area contributed by atoms with E-state index in [9.17, 15) is 14.0 Å². The van der Waals surface area contributed by atoms with Gasteiger partial charge in [0.05, 0.1) is 18.7 Å². The van der Waals surface area contributed by atoms with Crippen LogP contribution in [0.4, 0.5) is 9.18 Å². The maximum Gasteiger partial charge on any atom is 0.409 e. The summed E-state index contributed by atoms with van der Waals surface area (Å²) in [7, 11) is 0. The SMILES string of the molecule is N#Cc1ccc(C(N)=O)cc1Oc1ccc(OCCCN2CCOC2=O)cc1F. The Labute approximate surface area is 166 Å². The Hall–Kier alpha value is -3.80. The zero-order valence-corrected chi connectivity index (χ0v) is 15.4. The largest absolute Gasteiger partial charge is 0.493 e. The molecule has 1 fully saturated rings. The van der Waals surface area contributed by atoms with Crippen LogP contribution in [0.5, 0.6) is 17.2 Å². The zero-order chi connectivity index (χ0) is 20.8. The number of nitrogens with zero attached hydrogens (tertiary/aromatic N) is 2. The molecule has 2 N–H and O–H groups in total. The molecule has 3 rings (SSSR count). The summed E-state index contributed by atoms with van der Waals surface area (Å²) in [5, 5.41) is 9.16. The van der Waals surface area contributed by atoms with E-state index in [1.165, 1.54) is 30.3 Å². The Morgan fingerprint density at radius 2 is 2.10 bits per heavy atom. The second kappa shape index (κ2) is 8.93. The Balaban J connectivity index is 1.61. The summed E-state index contributed by atoms with van der Waals surface area (Å²) < 4.78 is 30.2. The van der Waals surface area contributed by atoms with Crippen LogP contribution >= 0.6 is 0 Å². The van der Waals surface area contributed by atoms with Crippen molar-refractivity contribution in [3.05, 3.63) is 53.3 Å². The molecule has 0 saturated carbocycles. The molecule has 2 amide bonds. The minimum Gasteiger partial charge on any atom is -0.493 e. The lowest BCUT2D eigenvalue weighted by Gasteiger charge is -2.13. The second-order valence-corrected chi connectivity index (χ2v) is 6.18. The van der Waals surface area contributed by atoms with Crippen LogP contribution < -0.4 is 15.2 Å². The average molecular weight is 399 g/mol. The van der Waals surface area contributed by atoms with E-state index in [-0.39, 0.29) is 28.7 Å². The molecule has 1 saturated heterocycles. The summed E-state index contributed by atoms with van der Waals surface area (Å²) in [6.07, 6.45) is 0.232. The van der Waals surface area contributed by atoms with E-state index < -0.39 is 11.7 Å². The molecule has 8 nitrogen and oxygen atoms in total. The lowest BCUT2D eigenvalue weighted by atomic mass is 10.1. The van der Waals surface area contributed by atoms with E-state index in [0.29, 0.717) is 38.5 Å². The molecule has 150 valence electrons. The molecule has 0 bridgehead atoms. The van der Waals surface area contributed by atoms with Gasteiger partial charge in [0.2, 0.25) is 5.91 Å². The Morgan fingerprint density at radius 3 is 2.76 bits per heavy atom. The van der Waals surface area contributed by atoms with Crippen molar-refractivity contribution in [2.24, 2.45) is 5.73 Å². The van der Waals surface area contributed by atoms with Crippen molar-refractivity contribution < 1.29 is 28.2 Å². The number of primary amides is 1. The van der Waals surface area contributed by atoms with Gasteiger partial charge in [-0.05, 0) is 36.8 Å². The number of hydrogen-bond donors (Lipinski definition) is 1. The lowest BCUT2D eigenvalue weighted by Crippen LogP contribution is -2.26. The maximum absolute atomic E-state index is 14.4. The van der Waals surface area contributed by atoms with Gasteiger partial charge in [0.15, 0.2) is 11.6 Å². The van der Waals surface area contributed by atoms with Gasteiger partial charge in [-0.1, -0.05) is 0 Å². The number of ether oxygens (including phenoxy) is 3. The maximum atomic E-state index is 14.4. The van der Waals surface area contributed by atoms with Crippen LogP contribution in [-0.2, 0) is 4.74 Å². The Morgan fingerprint density at radius 1 is 1.28 bits per heavy atom. The smallest absolute Gasteiger partial charge is 0.409 e. The molecule has 0 unspecified atom stereocenters. The normalized spacial score (nSPS) is 13.0. The predicted octanol–water partition coefficient (Wildman–Crippen LogP) is 2.81. The van der Waals surface area contributed by atoms with Crippen molar-refractivity contribution in [3.63, 3.8) is 0 Å². The highest BCUT2D eigenvalue weighted by Gasteiger charge is 2.20. The van der Waals surface area contributed by atoms with Crippen LogP contribution in [0.25, 0.3) is 0 Å². The number of nitrogens with two attached hydrogens (primary N) is 1. The molecule has 0 aliphatic carbocycles. The van der Waals surface area contributed by atoms with Crippen LogP contribution in [0, 0.1) is 17.1 Å². The summed E-state index contributed by atoms with van der Waals surface area (Å²) >= 11 is 0. The van der Waals surface area contributed by atoms with Gasteiger partial charge in [-0.2, -0.15) is 5.26 Å². The molecule has 29 heavy (non-hydrogen) atoms. The number of carbonyl (C=O) groups is 2. The predicted molar refractivity (Wildman–Crippen MR) is 99.2 cm³/mol. The molecule has 1 aliphatic rings. The number of nitriles is 1. The van der Waals surface area contributed by atoms with Crippen molar-refractivity contribution >= 4 is 12.0 Å². The number of cyclic esters (lactones) is 1. The van der Waals surface area contributed by atoms with E-state index >= 15 is 0 Å². The Bertz CT molecular complexity index is 973. The van der Waals surface area contributed by atoms with Crippen molar-refractivity contribution in [3.8, 4) is 23.3 Å². The van der Waals surface area contributed by atoms with E-state index in [1.54, 1.807) is 4.90 Å². The first-order chi connectivity index (χ1) is 14.0. The number of amides is 2. The number of rotatable bonds is 8. The third kappa shape index (κ3) is 4.93. The monoisotopic (exact) mass is 399 g/mol. The first kappa shape index (κ1) is 19.9. The van der Waals surface area contributed by atoms with Gasteiger partial charge in [-0.25, -0.2) is 9.18 Å². The summed E-state index contributed by atoms with van der Waals surface area (Å²) in [5.41, 5.74) is 5.50. The number of carbonyl (C=O) groups excluding carboxylic acids is 2. The first-order valence-corrected chi connectivity index (χ1v) is 8.84. The fraction of sp³-hybridized carbons (Fsp3) is 0.250. The lowest BCUT2D eigenvalue weighted by molar-refractivity contribution is 0.1000. The van der Waals surface area contributed by atoms with Gasteiger partial charge in [0, 0.05) is 18.2 Å². The second-order valence-electron chi connectivity index (χ2n) is 6.18. The number of hydrogen-bond acceptors (Lipinski definition) is 6. The fourth-order valence-electron chi connectivity index (χ4n) is 2.70. The van der Waals surface area contributed by atoms with E-state index in [0.717, 1.165) is 6.07 Å². The van der Waals surface area contributed by atoms with Crippen molar-refractivity contribution in [1.82, 2.24) is 4.90 Å². The number of halogens is 1. The molecule has 1 aliphatic heterocycles. The van der Waals surface area contributed by atoms with Gasteiger partial charge in [-0.3, -0.25) is 4.79 Å². The van der Waals surface area contributed by atoms with Gasteiger partial charge >= 0.3 is 6.09 Å². The van der Waals surface area contributed by atoms with Crippen LogP contribution in [0.1, 0.15) is 22.3 Å². The van der Waals surface area contributed by atoms with Crippen molar-refractivity contribution in [1.29, 1.82) is 5.26 Å². The Kier molecular flexibility index (Phi) is 6.14.